The molecule has 1 aliphatic rings. The number of hydrogen-bond acceptors (Lipinski definition) is 5. The van der Waals surface area contributed by atoms with Gasteiger partial charge in [0.05, 0.1) is 5.92 Å². The van der Waals surface area contributed by atoms with Gasteiger partial charge < -0.3 is 5.11 Å². The summed E-state index contributed by atoms with van der Waals surface area (Å²) in [6.07, 6.45) is 3.07. The van der Waals surface area contributed by atoms with E-state index in [0.717, 1.165) is 11.8 Å². The van der Waals surface area contributed by atoms with Crippen molar-refractivity contribution in [1.82, 2.24) is 9.97 Å². The fraction of sp³-hybridized carbons (Fsp3) is 0.444. The second-order valence-electron chi connectivity index (χ2n) is 3.84. The average molecular weight is 242 g/mol. The summed E-state index contributed by atoms with van der Waals surface area (Å²) in [6.45, 7) is 0. The first-order valence-corrected chi connectivity index (χ1v) is 6.54. The minimum absolute atomic E-state index is 0.239. The Morgan fingerprint density at radius 1 is 1.50 bits per heavy atom. The molecule has 6 nitrogen and oxygen atoms in total. The first-order valence-electron chi connectivity index (χ1n) is 4.65. The Balaban J connectivity index is 2.39. The molecule has 0 saturated heterocycles. The van der Waals surface area contributed by atoms with E-state index in [1.165, 1.54) is 6.20 Å². The SMILES string of the molecule is CS(=O)(=O)c1ncc2c(n1)CC(C(=O)O)C2. The molecule has 1 aliphatic carbocycles. The largest absolute Gasteiger partial charge is 0.481 e. The minimum Gasteiger partial charge on any atom is -0.481 e. The Morgan fingerprint density at radius 3 is 2.75 bits per heavy atom. The van der Waals surface area contributed by atoms with Crippen LogP contribution in [0.25, 0.3) is 0 Å². The van der Waals surface area contributed by atoms with Gasteiger partial charge in [-0.1, -0.05) is 0 Å². The third-order valence-corrected chi connectivity index (χ3v) is 3.38. The lowest BCUT2D eigenvalue weighted by atomic mass is 10.1. The summed E-state index contributed by atoms with van der Waals surface area (Å²) in [5.74, 6) is -1.40. The van der Waals surface area contributed by atoms with Gasteiger partial charge in [-0.25, -0.2) is 18.4 Å². The van der Waals surface area contributed by atoms with Crippen molar-refractivity contribution in [3.63, 3.8) is 0 Å². The number of carboxylic acids is 1. The summed E-state index contributed by atoms with van der Waals surface area (Å²) in [7, 11) is -3.43. The number of fused-ring (bicyclic) bond motifs is 1. The molecule has 2 rings (SSSR count). The van der Waals surface area contributed by atoms with Crippen molar-refractivity contribution in [3.05, 3.63) is 17.5 Å². The van der Waals surface area contributed by atoms with Crippen LogP contribution < -0.4 is 0 Å². The van der Waals surface area contributed by atoms with E-state index in [-0.39, 0.29) is 11.6 Å². The molecule has 1 unspecified atom stereocenters. The van der Waals surface area contributed by atoms with E-state index >= 15 is 0 Å². The fourth-order valence-electron chi connectivity index (χ4n) is 1.70. The molecule has 1 atom stereocenters. The highest BCUT2D eigenvalue weighted by molar-refractivity contribution is 7.90. The van der Waals surface area contributed by atoms with Crippen LogP contribution in [-0.4, -0.2) is 35.7 Å². The molecule has 0 radical (unpaired) electrons. The van der Waals surface area contributed by atoms with Crippen molar-refractivity contribution in [3.8, 4) is 0 Å². The van der Waals surface area contributed by atoms with E-state index < -0.39 is 21.7 Å². The predicted octanol–water partition coefficient (Wildman–Crippen LogP) is -0.320. The summed E-state index contributed by atoms with van der Waals surface area (Å²) >= 11 is 0. The molecule has 1 N–H and O–H groups in total. The minimum atomic E-state index is -3.43. The molecule has 1 heterocycles. The number of hydrogen-bond donors (Lipinski definition) is 1. The summed E-state index contributed by atoms with van der Waals surface area (Å²) in [6, 6.07) is 0. The van der Waals surface area contributed by atoms with Crippen LogP contribution in [0.5, 0.6) is 0 Å². The van der Waals surface area contributed by atoms with E-state index in [1.807, 2.05) is 0 Å². The quantitative estimate of drug-likeness (QED) is 0.714. The molecule has 1 aromatic heterocycles. The molecule has 0 fully saturated rings. The van der Waals surface area contributed by atoms with Gasteiger partial charge in [0, 0.05) is 24.6 Å². The number of carbonyl (C=O) groups is 1. The lowest BCUT2D eigenvalue weighted by Crippen LogP contribution is -2.13. The maximum atomic E-state index is 11.2. The lowest BCUT2D eigenvalue weighted by Gasteiger charge is -1.99. The molecule has 16 heavy (non-hydrogen) atoms. The summed E-state index contributed by atoms with van der Waals surface area (Å²) in [5, 5.41) is 8.61. The van der Waals surface area contributed by atoms with Crippen LogP contribution in [-0.2, 0) is 27.5 Å². The zero-order valence-corrected chi connectivity index (χ0v) is 9.36. The first-order chi connectivity index (χ1) is 7.38. The number of aliphatic carboxylic acids is 1. The van der Waals surface area contributed by atoms with Gasteiger partial charge in [-0.15, -0.1) is 0 Å². The van der Waals surface area contributed by atoms with Gasteiger partial charge in [-0.2, -0.15) is 0 Å². The second-order valence-corrected chi connectivity index (χ2v) is 5.75. The molecule has 0 aromatic carbocycles. The smallest absolute Gasteiger partial charge is 0.307 e. The number of carboxylic acid groups (broad SMARTS) is 1. The normalized spacial score (nSPS) is 19.4. The van der Waals surface area contributed by atoms with Crippen molar-refractivity contribution in [2.24, 2.45) is 5.92 Å². The zero-order valence-electron chi connectivity index (χ0n) is 8.54. The zero-order chi connectivity index (χ0) is 11.9. The molecule has 86 valence electrons. The van der Waals surface area contributed by atoms with E-state index in [9.17, 15) is 13.2 Å². The van der Waals surface area contributed by atoms with Gasteiger partial charge in [0.15, 0.2) is 0 Å². The van der Waals surface area contributed by atoms with Crippen LogP contribution in [0.3, 0.4) is 0 Å². The Bertz CT molecular complexity index is 553. The fourth-order valence-corrected chi connectivity index (χ4v) is 2.22. The van der Waals surface area contributed by atoms with E-state index in [0.29, 0.717) is 12.1 Å². The summed E-state index contributed by atoms with van der Waals surface area (Å²) < 4.78 is 22.4. The molecule has 0 spiro atoms. The van der Waals surface area contributed by atoms with Gasteiger partial charge in [0.1, 0.15) is 0 Å². The number of nitrogens with zero attached hydrogens (tertiary/aromatic N) is 2. The van der Waals surface area contributed by atoms with Gasteiger partial charge in [-0.3, -0.25) is 4.79 Å². The summed E-state index contributed by atoms with van der Waals surface area (Å²) in [5.41, 5.74) is 1.25. The van der Waals surface area contributed by atoms with Crippen LogP contribution in [0.1, 0.15) is 11.3 Å². The topological polar surface area (TPSA) is 97.2 Å². The average Bonchev–Trinajstić information content (AvgIpc) is 2.58. The van der Waals surface area contributed by atoms with Crippen molar-refractivity contribution in [1.29, 1.82) is 0 Å². The highest BCUT2D eigenvalue weighted by Crippen LogP contribution is 2.25. The predicted molar refractivity (Wildman–Crippen MR) is 53.7 cm³/mol. The van der Waals surface area contributed by atoms with E-state index in [4.69, 9.17) is 5.11 Å². The Kier molecular flexibility index (Phi) is 2.42. The lowest BCUT2D eigenvalue weighted by molar-refractivity contribution is -0.141. The first kappa shape index (κ1) is 11.0. The van der Waals surface area contributed by atoms with Crippen molar-refractivity contribution >= 4 is 15.8 Å². The molecular weight excluding hydrogens is 232 g/mol. The second kappa shape index (κ2) is 3.51. The van der Waals surface area contributed by atoms with Crippen LogP contribution in [0.15, 0.2) is 11.4 Å². The standard InChI is InChI=1S/C9H10N2O4S/c1-16(14,15)9-10-4-6-2-5(8(12)13)3-7(6)11-9/h4-5H,2-3H2,1H3,(H,12,13). The van der Waals surface area contributed by atoms with Gasteiger partial charge in [0.25, 0.3) is 0 Å². The highest BCUT2D eigenvalue weighted by Gasteiger charge is 2.29. The summed E-state index contributed by atoms with van der Waals surface area (Å²) in [4.78, 5) is 18.4. The van der Waals surface area contributed by atoms with Crippen molar-refractivity contribution in [2.75, 3.05) is 6.26 Å². The number of rotatable bonds is 2. The molecule has 0 saturated carbocycles. The highest BCUT2D eigenvalue weighted by atomic mass is 32.2. The maximum Gasteiger partial charge on any atom is 0.307 e. The van der Waals surface area contributed by atoms with Crippen molar-refractivity contribution < 1.29 is 18.3 Å². The van der Waals surface area contributed by atoms with Gasteiger partial charge in [0.2, 0.25) is 15.0 Å². The van der Waals surface area contributed by atoms with E-state index in [2.05, 4.69) is 9.97 Å². The molecule has 0 aliphatic heterocycles. The Hall–Kier alpha value is -1.50. The number of sulfone groups is 1. The maximum absolute atomic E-state index is 11.2. The molecule has 1 aromatic rings. The van der Waals surface area contributed by atoms with Gasteiger partial charge in [-0.05, 0) is 12.0 Å². The third-order valence-electron chi connectivity index (χ3n) is 2.52. The van der Waals surface area contributed by atoms with Crippen molar-refractivity contribution in [2.45, 2.75) is 18.0 Å². The third kappa shape index (κ3) is 1.90. The Labute approximate surface area is 92.3 Å². The molecule has 0 bridgehead atoms. The van der Waals surface area contributed by atoms with Crippen LogP contribution in [0.4, 0.5) is 0 Å². The Morgan fingerprint density at radius 2 is 2.19 bits per heavy atom. The molecule has 7 heteroatoms. The van der Waals surface area contributed by atoms with Crippen LogP contribution in [0, 0.1) is 5.92 Å². The van der Waals surface area contributed by atoms with Crippen LogP contribution in [0.2, 0.25) is 0 Å². The van der Waals surface area contributed by atoms with Crippen LogP contribution >= 0.6 is 0 Å². The molecule has 0 amide bonds. The van der Waals surface area contributed by atoms with Gasteiger partial charge >= 0.3 is 5.97 Å². The molecular formula is C9H10N2O4S. The van der Waals surface area contributed by atoms with E-state index in [1.54, 1.807) is 0 Å². The number of aromatic nitrogens is 2. The monoisotopic (exact) mass is 242 g/mol.